The third-order valence-electron chi connectivity index (χ3n) is 5.39. The van der Waals surface area contributed by atoms with Gasteiger partial charge >= 0.3 is 0 Å². The number of benzene rings is 1. The van der Waals surface area contributed by atoms with Crippen LogP contribution in [-0.2, 0) is 16.2 Å². The molecule has 0 spiro atoms. The lowest BCUT2D eigenvalue weighted by Crippen LogP contribution is -2.46. The first kappa shape index (κ1) is 25.5. The molecule has 31 heavy (non-hydrogen) atoms. The van der Waals surface area contributed by atoms with Crippen molar-refractivity contribution in [2.24, 2.45) is 5.73 Å². The predicted molar refractivity (Wildman–Crippen MR) is 125 cm³/mol. The summed E-state index contributed by atoms with van der Waals surface area (Å²) in [6.45, 7) is 2.65. The highest BCUT2D eigenvalue weighted by Crippen LogP contribution is 2.30. The number of amides is 2. The Balaban J connectivity index is 0.00000341. The molecule has 1 aromatic heterocycles. The van der Waals surface area contributed by atoms with Crippen LogP contribution in [0, 0.1) is 6.92 Å². The molecule has 170 valence electrons. The number of aliphatic hydroxyl groups excluding tert-OH is 1. The average Bonchev–Trinajstić information content (AvgIpc) is 3.12. The molecule has 5 N–H and O–H groups in total. The number of carbonyl (C=O) groups is 2. The van der Waals surface area contributed by atoms with Gasteiger partial charge in [-0.15, -0.1) is 23.7 Å². The van der Waals surface area contributed by atoms with Crippen molar-refractivity contribution >= 4 is 47.2 Å². The lowest BCUT2D eigenvalue weighted by Gasteiger charge is -2.31. The number of halogens is 2. The molecule has 0 radical (unpaired) electrons. The fraction of sp³-hybridized carbons (Fsp3) is 0.476. The molecular weight excluding hydrogens is 459 g/mol. The highest BCUT2D eigenvalue weighted by molar-refractivity contribution is 7.11. The van der Waals surface area contributed by atoms with Gasteiger partial charge in [0, 0.05) is 17.5 Å². The molecule has 1 fully saturated rings. The van der Waals surface area contributed by atoms with Crippen molar-refractivity contribution in [3.63, 3.8) is 0 Å². The number of rotatable bonds is 8. The average molecular weight is 487 g/mol. The number of thiazole rings is 1. The lowest BCUT2D eigenvalue weighted by molar-refractivity contribution is -0.126. The van der Waals surface area contributed by atoms with Crippen molar-refractivity contribution in [2.45, 2.75) is 57.2 Å². The summed E-state index contributed by atoms with van der Waals surface area (Å²) in [4.78, 5) is 30.3. The van der Waals surface area contributed by atoms with E-state index in [1.54, 1.807) is 24.3 Å². The molecule has 1 saturated heterocycles. The molecule has 2 heterocycles. The van der Waals surface area contributed by atoms with E-state index in [0.29, 0.717) is 10.6 Å². The van der Waals surface area contributed by atoms with Gasteiger partial charge in [0.2, 0.25) is 11.8 Å². The minimum absolute atomic E-state index is 0. The first-order valence-corrected chi connectivity index (χ1v) is 11.2. The maximum atomic E-state index is 12.9. The Bertz CT molecular complexity index is 885. The topological polar surface area (TPSA) is 117 Å². The second-order valence-electron chi connectivity index (χ2n) is 7.53. The Morgan fingerprint density at radius 1 is 1.35 bits per heavy atom. The SMILES string of the molecule is Cc1nc(C(NC(=O)CC(C(N)=O)c2ccc(Cl)cc2)C2CCCCN2)sc1CO.Cl. The van der Waals surface area contributed by atoms with Crippen LogP contribution >= 0.6 is 35.3 Å². The van der Waals surface area contributed by atoms with Crippen molar-refractivity contribution < 1.29 is 14.7 Å². The zero-order valence-electron chi connectivity index (χ0n) is 17.3. The second-order valence-corrected chi connectivity index (χ2v) is 9.08. The van der Waals surface area contributed by atoms with E-state index in [1.807, 2.05) is 6.92 Å². The number of primary amides is 1. The van der Waals surface area contributed by atoms with Gasteiger partial charge in [-0.3, -0.25) is 9.59 Å². The minimum Gasteiger partial charge on any atom is -0.391 e. The van der Waals surface area contributed by atoms with Gasteiger partial charge < -0.3 is 21.5 Å². The number of nitrogens with two attached hydrogens (primary N) is 1. The van der Waals surface area contributed by atoms with Gasteiger partial charge in [-0.2, -0.15) is 0 Å². The quantitative estimate of drug-likeness (QED) is 0.457. The summed E-state index contributed by atoms with van der Waals surface area (Å²) < 4.78 is 0. The number of aromatic nitrogens is 1. The van der Waals surface area contributed by atoms with Crippen molar-refractivity contribution in [1.82, 2.24) is 15.6 Å². The fourth-order valence-electron chi connectivity index (χ4n) is 3.72. The summed E-state index contributed by atoms with van der Waals surface area (Å²) in [5, 5.41) is 17.4. The number of hydrogen-bond donors (Lipinski definition) is 4. The van der Waals surface area contributed by atoms with E-state index >= 15 is 0 Å². The Morgan fingerprint density at radius 2 is 2.06 bits per heavy atom. The van der Waals surface area contributed by atoms with Gasteiger partial charge in [0.05, 0.1) is 29.1 Å². The van der Waals surface area contributed by atoms with Gasteiger partial charge in [-0.1, -0.05) is 30.2 Å². The molecule has 0 aliphatic carbocycles. The lowest BCUT2D eigenvalue weighted by atomic mass is 9.93. The van der Waals surface area contributed by atoms with Crippen molar-refractivity contribution in [2.75, 3.05) is 6.54 Å². The summed E-state index contributed by atoms with van der Waals surface area (Å²) in [6, 6.07) is 6.48. The molecule has 7 nitrogen and oxygen atoms in total. The Morgan fingerprint density at radius 3 is 2.61 bits per heavy atom. The maximum absolute atomic E-state index is 12.9. The Kier molecular flexibility index (Phi) is 9.71. The Labute approximate surface area is 197 Å². The van der Waals surface area contributed by atoms with Crippen molar-refractivity contribution in [3.05, 3.63) is 50.4 Å². The molecule has 1 aromatic carbocycles. The van der Waals surface area contributed by atoms with Crippen LogP contribution in [0.2, 0.25) is 5.02 Å². The van der Waals surface area contributed by atoms with Gasteiger partial charge in [0.15, 0.2) is 0 Å². The van der Waals surface area contributed by atoms with E-state index in [-0.39, 0.29) is 43.4 Å². The highest BCUT2D eigenvalue weighted by atomic mass is 35.5. The molecule has 2 amide bonds. The largest absolute Gasteiger partial charge is 0.391 e. The third kappa shape index (κ3) is 6.63. The maximum Gasteiger partial charge on any atom is 0.225 e. The Hall–Kier alpha value is -1.71. The molecule has 0 saturated carbocycles. The van der Waals surface area contributed by atoms with Crippen LogP contribution in [0.3, 0.4) is 0 Å². The van der Waals surface area contributed by atoms with Crippen LogP contribution in [0.4, 0.5) is 0 Å². The molecule has 1 aliphatic heterocycles. The molecule has 10 heteroatoms. The minimum atomic E-state index is -0.742. The normalized spacial score (nSPS) is 18.0. The monoisotopic (exact) mass is 486 g/mol. The fourth-order valence-corrected chi connectivity index (χ4v) is 4.89. The summed E-state index contributed by atoms with van der Waals surface area (Å²) in [5.41, 5.74) is 7.00. The van der Waals surface area contributed by atoms with Crippen LogP contribution < -0.4 is 16.4 Å². The van der Waals surface area contributed by atoms with Crippen LogP contribution in [-0.4, -0.2) is 34.5 Å². The zero-order valence-corrected chi connectivity index (χ0v) is 19.7. The van der Waals surface area contributed by atoms with Crippen molar-refractivity contribution in [3.8, 4) is 0 Å². The van der Waals surface area contributed by atoms with E-state index in [1.165, 1.54) is 11.3 Å². The van der Waals surface area contributed by atoms with Gasteiger partial charge in [0.1, 0.15) is 5.01 Å². The van der Waals surface area contributed by atoms with Crippen molar-refractivity contribution in [1.29, 1.82) is 0 Å². The second kappa shape index (κ2) is 11.8. The third-order valence-corrected chi connectivity index (χ3v) is 6.87. The van der Waals surface area contributed by atoms with E-state index in [9.17, 15) is 14.7 Å². The van der Waals surface area contributed by atoms with Gasteiger partial charge in [-0.25, -0.2) is 4.98 Å². The standard InChI is InChI=1S/C21H27ClN4O3S.ClH/c1-12-17(11-27)30-21(25-12)19(16-4-2-3-9-24-16)26-18(28)10-15(20(23)29)13-5-7-14(22)8-6-13;/h5-8,15-16,19,24,27H,2-4,9-11H2,1H3,(H2,23,29)(H,26,28);1H. The number of aryl methyl sites for hydroxylation is 1. The molecule has 3 atom stereocenters. The van der Waals surface area contributed by atoms with Crippen LogP contribution in [0.25, 0.3) is 0 Å². The van der Waals surface area contributed by atoms with Crippen LogP contribution in [0.1, 0.15) is 58.8 Å². The number of nitrogens with zero attached hydrogens (tertiary/aromatic N) is 1. The molecular formula is C21H28Cl2N4O3S. The first-order chi connectivity index (χ1) is 14.4. The molecule has 0 bridgehead atoms. The van der Waals surface area contributed by atoms with E-state index in [2.05, 4.69) is 15.6 Å². The summed E-state index contributed by atoms with van der Waals surface area (Å²) >= 11 is 7.33. The first-order valence-electron chi connectivity index (χ1n) is 10.0. The number of hydrogen-bond acceptors (Lipinski definition) is 6. The molecule has 3 rings (SSSR count). The number of nitrogens with one attached hydrogen (secondary N) is 2. The smallest absolute Gasteiger partial charge is 0.225 e. The van der Waals surface area contributed by atoms with Gasteiger partial charge in [-0.05, 0) is 44.0 Å². The number of aliphatic hydroxyl groups is 1. The van der Waals surface area contributed by atoms with Crippen LogP contribution in [0.15, 0.2) is 24.3 Å². The van der Waals surface area contributed by atoms with E-state index in [4.69, 9.17) is 17.3 Å². The summed E-state index contributed by atoms with van der Waals surface area (Å²) in [7, 11) is 0. The zero-order chi connectivity index (χ0) is 21.7. The number of carbonyl (C=O) groups excluding carboxylic acids is 2. The highest BCUT2D eigenvalue weighted by Gasteiger charge is 2.31. The number of piperidine rings is 1. The molecule has 2 aromatic rings. The summed E-state index contributed by atoms with van der Waals surface area (Å²) in [6.07, 6.45) is 3.01. The van der Waals surface area contributed by atoms with E-state index in [0.717, 1.165) is 41.4 Å². The molecule has 1 aliphatic rings. The van der Waals surface area contributed by atoms with E-state index < -0.39 is 11.8 Å². The predicted octanol–water partition coefficient (Wildman–Crippen LogP) is 2.98. The summed E-state index contributed by atoms with van der Waals surface area (Å²) in [5.74, 6) is -1.58. The van der Waals surface area contributed by atoms with Crippen LogP contribution in [0.5, 0.6) is 0 Å². The molecule has 3 unspecified atom stereocenters. The van der Waals surface area contributed by atoms with Gasteiger partial charge in [0.25, 0.3) is 0 Å².